The molecule has 0 aliphatic carbocycles. The minimum absolute atomic E-state index is 0.128. The molecular formula is C14H16N2O2S2. The molecule has 4 nitrogen and oxygen atoms in total. The number of aromatic nitrogens is 1. The van der Waals surface area contributed by atoms with Crippen LogP contribution in [-0.4, -0.2) is 28.4 Å². The number of amides is 1. The average Bonchev–Trinajstić information content (AvgIpc) is 2.86. The van der Waals surface area contributed by atoms with Crippen molar-refractivity contribution in [2.45, 2.75) is 12.7 Å². The summed E-state index contributed by atoms with van der Waals surface area (Å²) in [5, 5.41) is 15.4. The van der Waals surface area contributed by atoms with E-state index in [9.17, 15) is 4.79 Å². The van der Waals surface area contributed by atoms with Crippen molar-refractivity contribution in [3.63, 3.8) is 0 Å². The highest BCUT2D eigenvalue weighted by molar-refractivity contribution is 7.98. The van der Waals surface area contributed by atoms with Crippen molar-refractivity contribution < 1.29 is 9.90 Å². The number of carbonyl (C=O) groups excluding carboxylic acids is 1. The number of pyridine rings is 1. The maximum absolute atomic E-state index is 12.1. The lowest BCUT2D eigenvalue weighted by Gasteiger charge is -2.06. The van der Waals surface area contributed by atoms with E-state index in [2.05, 4.69) is 10.3 Å². The summed E-state index contributed by atoms with van der Waals surface area (Å²) in [5.74, 6) is 1.93. The fraction of sp³-hybridized carbons (Fsp3) is 0.286. The molecule has 0 bridgehead atoms. The monoisotopic (exact) mass is 308 g/mol. The van der Waals surface area contributed by atoms with Gasteiger partial charge in [0, 0.05) is 23.1 Å². The minimum Gasteiger partial charge on any atom is -0.396 e. The number of hydrogen-bond acceptors (Lipinski definition) is 5. The van der Waals surface area contributed by atoms with Gasteiger partial charge in [0.05, 0.1) is 12.2 Å². The normalized spacial score (nSPS) is 10.5. The van der Waals surface area contributed by atoms with Gasteiger partial charge in [-0.25, -0.2) is 4.98 Å². The molecule has 0 unspecified atom stereocenters. The first-order valence-corrected chi connectivity index (χ1v) is 8.28. The number of aliphatic hydroxyl groups excluding tert-OH is 1. The smallest absolute Gasteiger partial charge is 0.257 e. The molecule has 6 heteroatoms. The summed E-state index contributed by atoms with van der Waals surface area (Å²) in [4.78, 5) is 16.2. The fourth-order valence-electron chi connectivity index (χ4n) is 1.66. The van der Waals surface area contributed by atoms with Crippen LogP contribution in [-0.2, 0) is 5.75 Å². The zero-order valence-electron chi connectivity index (χ0n) is 11.1. The van der Waals surface area contributed by atoms with Gasteiger partial charge in [-0.15, -0.1) is 0 Å². The Morgan fingerprint density at radius 1 is 1.50 bits per heavy atom. The molecule has 0 radical (unpaired) electrons. The van der Waals surface area contributed by atoms with Crippen molar-refractivity contribution in [3.8, 4) is 0 Å². The van der Waals surface area contributed by atoms with Crippen LogP contribution in [0.25, 0.3) is 0 Å². The SMILES string of the molecule is Cc1cscc1C(=O)Nc1cc(CSCCO)ccn1. The van der Waals surface area contributed by atoms with Gasteiger partial charge >= 0.3 is 0 Å². The largest absolute Gasteiger partial charge is 0.396 e. The third-order valence-corrected chi connectivity index (χ3v) is 4.54. The zero-order chi connectivity index (χ0) is 14.4. The molecule has 106 valence electrons. The van der Waals surface area contributed by atoms with Crippen molar-refractivity contribution in [1.82, 2.24) is 4.98 Å². The van der Waals surface area contributed by atoms with Crippen LogP contribution in [0, 0.1) is 6.92 Å². The molecule has 0 saturated heterocycles. The van der Waals surface area contributed by atoms with E-state index in [1.807, 2.05) is 29.8 Å². The number of carbonyl (C=O) groups is 1. The van der Waals surface area contributed by atoms with Gasteiger partial charge in [-0.2, -0.15) is 23.1 Å². The van der Waals surface area contributed by atoms with Crippen LogP contribution < -0.4 is 5.32 Å². The quantitative estimate of drug-likeness (QED) is 0.806. The summed E-state index contributed by atoms with van der Waals surface area (Å²) in [7, 11) is 0. The predicted octanol–water partition coefficient (Wildman–Crippen LogP) is 2.93. The second-order valence-corrected chi connectivity index (χ2v) is 6.10. The molecule has 0 aromatic carbocycles. The molecule has 2 rings (SSSR count). The lowest BCUT2D eigenvalue weighted by Crippen LogP contribution is -2.13. The van der Waals surface area contributed by atoms with Crippen LogP contribution >= 0.6 is 23.1 Å². The Hall–Kier alpha value is -1.37. The molecule has 20 heavy (non-hydrogen) atoms. The highest BCUT2D eigenvalue weighted by Gasteiger charge is 2.10. The third-order valence-electron chi connectivity index (χ3n) is 2.67. The molecular weight excluding hydrogens is 292 g/mol. The number of thiophene rings is 1. The van der Waals surface area contributed by atoms with E-state index in [0.29, 0.717) is 17.1 Å². The van der Waals surface area contributed by atoms with E-state index in [-0.39, 0.29) is 12.5 Å². The number of aryl methyl sites for hydroxylation is 1. The number of thioether (sulfide) groups is 1. The molecule has 2 heterocycles. The highest BCUT2D eigenvalue weighted by Crippen LogP contribution is 2.17. The molecule has 0 aliphatic heterocycles. The molecule has 2 aromatic rings. The predicted molar refractivity (Wildman–Crippen MR) is 84.5 cm³/mol. The molecule has 0 saturated carbocycles. The van der Waals surface area contributed by atoms with Crippen LogP contribution in [0.15, 0.2) is 29.1 Å². The second kappa shape index (κ2) is 7.42. The summed E-state index contributed by atoms with van der Waals surface area (Å²) in [6, 6.07) is 3.78. The van der Waals surface area contributed by atoms with Crippen molar-refractivity contribution in [3.05, 3.63) is 45.8 Å². The van der Waals surface area contributed by atoms with Gasteiger partial charge in [-0.1, -0.05) is 0 Å². The number of anilines is 1. The Morgan fingerprint density at radius 2 is 2.35 bits per heavy atom. The van der Waals surface area contributed by atoms with E-state index in [1.54, 1.807) is 18.0 Å². The molecule has 1 amide bonds. The van der Waals surface area contributed by atoms with Crippen molar-refractivity contribution in [2.24, 2.45) is 0 Å². The summed E-state index contributed by atoms with van der Waals surface area (Å²) in [6.45, 7) is 2.09. The van der Waals surface area contributed by atoms with Gasteiger partial charge in [0.1, 0.15) is 5.82 Å². The van der Waals surface area contributed by atoms with Crippen LogP contribution in [0.5, 0.6) is 0 Å². The highest BCUT2D eigenvalue weighted by atomic mass is 32.2. The first-order chi connectivity index (χ1) is 9.70. The topological polar surface area (TPSA) is 62.2 Å². The third kappa shape index (κ3) is 4.06. The summed E-state index contributed by atoms with van der Waals surface area (Å²) in [6.07, 6.45) is 1.69. The van der Waals surface area contributed by atoms with Crippen molar-refractivity contribution >= 4 is 34.8 Å². The Morgan fingerprint density at radius 3 is 3.05 bits per heavy atom. The summed E-state index contributed by atoms with van der Waals surface area (Å²) in [5.41, 5.74) is 2.75. The number of rotatable bonds is 6. The van der Waals surface area contributed by atoms with Gasteiger partial charge in [0.25, 0.3) is 5.91 Å². The molecule has 0 atom stereocenters. The number of hydrogen-bond donors (Lipinski definition) is 2. The first-order valence-electron chi connectivity index (χ1n) is 6.18. The average molecular weight is 308 g/mol. The Labute approximate surface area is 126 Å². The van der Waals surface area contributed by atoms with Crippen LogP contribution in [0.2, 0.25) is 0 Å². The molecule has 2 aromatic heterocycles. The van der Waals surface area contributed by atoms with E-state index in [1.165, 1.54) is 11.3 Å². The van der Waals surface area contributed by atoms with Crippen molar-refractivity contribution in [2.75, 3.05) is 17.7 Å². The van der Waals surface area contributed by atoms with Gasteiger partial charge in [0.15, 0.2) is 0 Å². The Kier molecular flexibility index (Phi) is 5.58. The minimum atomic E-state index is -0.128. The lowest BCUT2D eigenvalue weighted by molar-refractivity contribution is 0.102. The van der Waals surface area contributed by atoms with E-state index >= 15 is 0 Å². The molecule has 0 spiro atoms. The summed E-state index contributed by atoms with van der Waals surface area (Å²) < 4.78 is 0. The standard InChI is InChI=1S/C14H16N2O2S2/c1-10-7-20-9-12(10)14(18)16-13-6-11(2-3-15-13)8-19-5-4-17/h2-3,6-7,9,17H,4-5,8H2,1H3,(H,15,16,18). The zero-order valence-corrected chi connectivity index (χ0v) is 12.8. The van der Waals surface area contributed by atoms with Crippen molar-refractivity contribution in [1.29, 1.82) is 0 Å². The van der Waals surface area contributed by atoms with Gasteiger partial charge in [-0.3, -0.25) is 4.79 Å². The number of nitrogens with zero attached hydrogens (tertiary/aromatic N) is 1. The van der Waals surface area contributed by atoms with Gasteiger partial charge in [-0.05, 0) is 35.6 Å². The fourth-order valence-corrected chi connectivity index (χ4v) is 3.18. The first kappa shape index (κ1) is 15.0. The van der Waals surface area contributed by atoms with E-state index in [4.69, 9.17) is 5.11 Å². The maximum atomic E-state index is 12.1. The van der Waals surface area contributed by atoms with Gasteiger partial charge < -0.3 is 10.4 Å². The van der Waals surface area contributed by atoms with Crippen LogP contribution in [0.4, 0.5) is 5.82 Å². The Balaban J connectivity index is 2.01. The van der Waals surface area contributed by atoms with Gasteiger partial charge in [0.2, 0.25) is 0 Å². The van der Waals surface area contributed by atoms with Crippen LogP contribution in [0.1, 0.15) is 21.5 Å². The van der Waals surface area contributed by atoms with E-state index in [0.717, 1.165) is 16.9 Å². The number of aliphatic hydroxyl groups is 1. The Bertz CT molecular complexity index is 584. The summed E-state index contributed by atoms with van der Waals surface area (Å²) >= 11 is 3.16. The van der Waals surface area contributed by atoms with Crippen LogP contribution in [0.3, 0.4) is 0 Å². The molecule has 2 N–H and O–H groups in total. The molecule has 0 aliphatic rings. The maximum Gasteiger partial charge on any atom is 0.257 e. The van der Waals surface area contributed by atoms with E-state index < -0.39 is 0 Å². The number of nitrogens with one attached hydrogen (secondary N) is 1. The second-order valence-electron chi connectivity index (χ2n) is 4.25. The lowest BCUT2D eigenvalue weighted by atomic mass is 10.2. The molecule has 0 fully saturated rings.